The third-order valence-electron chi connectivity index (χ3n) is 5.57. The molecule has 1 saturated heterocycles. The van der Waals surface area contributed by atoms with Gasteiger partial charge in [0.2, 0.25) is 5.95 Å². The zero-order chi connectivity index (χ0) is 21.4. The van der Waals surface area contributed by atoms with E-state index in [9.17, 15) is 13.2 Å². The smallest absolute Gasteiger partial charge is 0.433 e. The van der Waals surface area contributed by atoms with Crippen molar-refractivity contribution in [1.29, 1.82) is 0 Å². The first-order valence-corrected chi connectivity index (χ1v) is 10.1. The molecule has 0 bridgehead atoms. The van der Waals surface area contributed by atoms with E-state index in [1.165, 1.54) is 5.56 Å². The molecular weight excluding hydrogens is 409 g/mol. The Morgan fingerprint density at radius 2 is 1.90 bits per heavy atom. The third kappa shape index (κ3) is 4.20. The Kier molecular flexibility index (Phi) is 5.01. The number of ether oxygens (including phenoxy) is 1. The number of rotatable bonds is 4. The number of aromatic amines is 1. The quantitative estimate of drug-likeness (QED) is 0.686. The lowest BCUT2D eigenvalue weighted by Gasteiger charge is -2.34. The molecule has 4 heterocycles. The van der Waals surface area contributed by atoms with E-state index in [2.05, 4.69) is 25.9 Å². The SMILES string of the molecule is FC(F)(F)c1ccnc(N2CCN(Cc3c[nH]c(-c4ccc5c(c4)CCO5)n3)CC2)n1. The molecule has 0 unspecified atom stereocenters. The molecule has 2 aliphatic rings. The van der Waals surface area contributed by atoms with Crippen LogP contribution in [-0.4, -0.2) is 57.6 Å². The number of fused-ring (bicyclic) bond motifs is 1. The van der Waals surface area contributed by atoms with Gasteiger partial charge in [-0.25, -0.2) is 15.0 Å². The number of piperazine rings is 1. The first kappa shape index (κ1) is 19.8. The fourth-order valence-electron chi connectivity index (χ4n) is 3.92. The van der Waals surface area contributed by atoms with Crippen LogP contribution in [0.15, 0.2) is 36.7 Å². The monoisotopic (exact) mass is 430 g/mol. The molecule has 10 heteroatoms. The maximum absolute atomic E-state index is 12.9. The van der Waals surface area contributed by atoms with Gasteiger partial charge in [-0.1, -0.05) is 0 Å². The molecule has 2 aliphatic heterocycles. The minimum absolute atomic E-state index is 0.122. The minimum Gasteiger partial charge on any atom is -0.493 e. The van der Waals surface area contributed by atoms with Gasteiger partial charge < -0.3 is 14.6 Å². The highest BCUT2D eigenvalue weighted by Crippen LogP contribution is 2.30. The van der Waals surface area contributed by atoms with Crippen LogP contribution in [0.5, 0.6) is 5.75 Å². The second-order valence-electron chi connectivity index (χ2n) is 7.66. The normalized spacial score (nSPS) is 16.9. The summed E-state index contributed by atoms with van der Waals surface area (Å²) < 4.78 is 44.2. The fourth-order valence-corrected chi connectivity index (χ4v) is 3.92. The number of alkyl halides is 3. The number of nitrogens with zero attached hydrogens (tertiary/aromatic N) is 5. The highest BCUT2D eigenvalue weighted by molar-refractivity contribution is 5.59. The number of nitrogens with one attached hydrogen (secondary N) is 1. The molecule has 162 valence electrons. The van der Waals surface area contributed by atoms with Gasteiger partial charge in [-0.3, -0.25) is 4.90 Å². The first-order valence-electron chi connectivity index (χ1n) is 10.1. The summed E-state index contributed by atoms with van der Waals surface area (Å²) in [5.41, 5.74) is 2.24. The third-order valence-corrected chi connectivity index (χ3v) is 5.57. The van der Waals surface area contributed by atoms with Crippen molar-refractivity contribution in [1.82, 2.24) is 24.8 Å². The number of H-pyrrole nitrogens is 1. The highest BCUT2D eigenvalue weighted by atomic mass is 19.4. The number of hydrogen-bond donors (Lipinski definition) is 1. The van der Waals surface area contributed by atoms with Gasteiger partial charge in [0.25, 0.3) is 0 Å². The number of benzene rings is 1. The molecule has 0 radical (unpaired) electrons. The summed E-state index contributed by atoms with van der Waals surface area (Å²) in [6, 6.07) is 6.98. The fraction of sp³-hybridized carbons (Fsp3) is 0.381. The molecule has 0 amide bonds. The van der Waals surface area contributed by atoms with Crippen molar-refractivity contribution in [2.45, 2.75) is 19.1 Å². The summed E-state index contributed by atoms with van der Waals surface area (Å²) in [7, 11) is 0. The molecule has 0 aliphatic carbocycles. The van der Waals surface area contributed by atoms with Crippen LogP contribution in [0.2, 0.25) is 0 Å². The second kappa shape index (κ2) is 7.84. The van der Waals surface area contributed by atoms with Gasteiger partial charge in [-0.15, -0.1) is 0 Å². The van der Waals surface area contributed by atoms with Gasteiger partial charge >= 0.3 is 6.18 Å². The lowest BCUT2D eigenvalue weighted by atomic mass is 10.1. The number of hydrogen-bond acceptors (Lipinski definition) is 6. The average molecular weight is 430 g/mol. The Morgan fingerprint density at radius 1 is 1.06 bits per heavy atom. The summed E-state index contributed by atoms with van der Waals surface area (Å²) in [6.45, 7) is 3.89. The van der Waals surface area contributed by atoms with Crippen molar-refractivity contribution in [2.24, 2.45) is 0 Å². The minimum atomic E-state index is -4.47. The van der Waals surface area contributed by atoms with E-state index >= 15 is 0 Å². The van der Waals surface area contributed by atoms with Crippen molar-refractivity contribution in [3.05, 3.63) is 53.6 Å². The van der Waals surface area contributed by atoms with E-state index in [1.807, 2.05) is 18.3 Å². The van der Waals surface area contributed by atoms with E-state index in [0.29, 0.717) is 32.7 Å². The number of halogens is 3. The summed E-state index contributed by atoms with van der Waals surface area (Å²) in [4.78, 5) is 19.7. The van der Waals surface area contributed by atoms with E-state index in [4.69, 9.17) is 9.72 Å². The molecule has 31 heavy (non-hydrogen) atoms. The molecule has 1 fully saturated rings. The molecule has 0 spiro atoms. The second-order valence-corrected chi connectivity index (χ2v) is 7.66. The van der Waals surface area contributed by atoms with Gasteiger partial charge in [-0.2, -0.15) is 13.2 Å². The van der Waals surface area contributed by atoms with E-state index in [1.54, 1.807) is 4.90 Å². The Hall–Kier alpha value is -3.14. The summed E-state index contributed by atoms with van der Waals surface area (Å²) in [6.07, 6.45) is -0.491. The molecule has 1 aromatic carbocycles. The molecule has 3 aromatic rings. The van der Waals surface area contributed by atoms with Gasteiger partial charge in [0.05, 0.1) is 12.3 Å². The van der Waals surface area contributed by atoms with Crippen LogP contribution in [0.4, 0.5) is 19.1 Å². The largest absolute Gasteiger partial charge is 0.493 e. The number of imidazole rings is 1. The van der Waals surface area contributed by atoms with Crippen LogP contribution in [0, 0.1) is 0 Å². The summed E-state index contributed by atoms with van der Waals surface area (Å²) in [5.74, 6) is 1.89. The zero-order valence-corrected chi connectivity index (χ0v) is 16.7. The molecule has 0 saturated carbocycles. The lowest BCUT2D eigenvalue weighted by Crippen LogP contribution is -2.46. The lowest BCUT2D eigenvalue weighted by molar-refractivity contribution is -0.141. The van der Waals surface area contributed by atoms with Crippen LogP contribution in [-0.2, 0) is 19.1 Å². The molecular formula is C21H21F3N6O. The first-order chi connectivity index (χ1) is 15.0. The average Bonchev–Trinajstić information content (AvgIpc) is 3.42. The number of aromatic nitrogens is 4. The Labute approximate surface area is 176 Å². The molecule has 2 aromatic heterocycles. The van der Waals surface area contributed by atoms with E-state index in [-0.39, 0.29) is 5.95 Å². The summed E-state index contributed by atoms with van der Waals surface area (Å²) >= 11 is 0. The van der Waals surface area contributed by atoms with Crippen molar-refractivity contribution in [3.8, 4) is 17.1 Å². The Balaban J connectivity index is 1.20. The standard InChI is InChI=1S/C21H21F3N6O/c22-21(23,24)18-3-5-25-20(28-18)30-8-6-29(7-9-30)13-16-12-26-19(27-16)15-1-2-17-14(11-15)4-10-31-17/h1-3,5,11-12H,4,6-10,13H2,(H,26,27). The molecule has 0 atom stereocenters. The van der Waals surface area contributed by atoms with Crippen molar-refractivity contribution >= 4 is 5.95 Å². The highest BCUT2D eigenvalue weighted by Gasteiger charge is 2.33. The zero-order valence-electron chi connectivity index (χ0n) is 16.7. The van der Waals surface area contributed by atoms with E-state index in [0.717, 1.165) is 48.1 Å². The maximum atomic E-state index is 12.9. The summed E-state index contributed by atoms with van der Waals surface area (Å²) in [5, 5.41) is 0. The van der Waals surface area contributed by atoms with E-state index < -0.39 is 11.9 Å². The van der Waals surface area contributed by atoms with Gasteiger partial charge in [0.1, 0.15) is 17.3 Å². The number of anilines is 1. The topological polar surface area (TPSA) is 70.2 Å². The van der Waals surface area contributed by atoms with Crippen LogP contribution in [0.25, 0.3) is 11.4 Å². The van der Waals surface area contributed by atoms with Crippen LogP contribution < -0.4 is 9.64 Å². The Bertz CT molecular complexity index is 1070. The Morgan fingerprint density at radius 3 is 2.71 bits per heavy atom. The molecule has 7 nitrogen and oxygen atoms in total. The molecule has 5 rings (SSSR count). The van der Waals surface area contributed by atoms with Crippen LogP contribution >= 0.6 is 0 Å². The maximum Gasteiger partial charge on any atom is 0.433 e. The van der Waals surface area contributed by atoms with Crippen molar-refractivity contribution in [2.75, 3.05) is 37.7 Å². The van der Waals surface area contributed by atoms with Crippen molar-refractivity contribution < 1.29 is 17.9 Å². The predicted octanol–water partition coefficient (Wildman–Crippen LogP) is 3.14. The van der Waals surface area contributed by atoms with Gasteiger partial charge in [0, 0.05) is 57.1 Å². The van der Waals surface area contributed by atoms with Crippen LogP contribution in [0.3, 0.4) is 0 Å². The van der Waals surface area contributed by atoms with Crippen molar-refractivity contribution in [3.63, 3.8) is 0 Å². The molecule has 1 N–H and O–H groups in total. The van der Waals surface area contributed by atoms with Crippen LogP contribution in [0.1, 0.15) is 17.0 Å². The van der Waals surface area contributed by atoms with Gasteiger partial charge in [0.15, 0.2) is 0 Å². The predicted molar refractivity (Wildman–Crippen MR) is 108 cm³/mol. The van der Waals surface area contributed by atoms with Gasteiger partial charge in [-0.05, 0) is 29.8 Å².